The molecular formula is C30H25N. The fraction of sp³-hybridized carbons (Fsp3) is 0.0667. The molecule has 0 bridgehead atoms. The molecule has 1 heteroatoms. The molecule has 5 aromatic rings. The number of aryl methyl sites for hydroxylation is 1. The molecule has 0 fully saturated rings. The summed E-state index contributed by atoms with van der Waals surface area (Å²) < 4.78 is 0. The third kappa shape index (κ3) is 3.71. The largest absolute Gasteiger partial charge is 0.344 e. The van der Waals surface area contributed by atoms with Gasteiger partial charge in [-0.2, -0.15) is 0 Å². The van der Waals surface area contributed by atoms with Gasteiger partial charge in [0.05, 0.1) is 0 Å². The SMILES string of the molecule is Cc1ccc(N(C)c2ccccc2-c2ccc(-c3cccc4ccccc34)cc2)cc1. The van der Waals surface area contributed by atoms with Crippen LogP contribution >= 0.6 is 0 Å². The lowest BCUT2D eigenvalue weighted by Gasteiger charge is -2.23. The maximum absolute atomic E-state index is 2.26. The quantitative estimate of drug-likeness (QED) is 0.294. The van der Waals surface area contributed by atoms with E-state index in [4.69, 9.17) is 0 Å². The molecule has 5 aromatic carbocycles. The van der Waals surface area contributed by atoms with Crippen LogP contribution in [0.2, 0.25) is 0 Å². The van der Waals surface area contributed by atoms with Crippen LogP contribution in [-0.4, -0.2) is 7.05 Å². The first-order valence-corrected chi connectivity index (χ1v) is 10.7. The van der Waals surface area contributed by atoms with E-state index in [9.17, 15) is 0 Å². The number of benzene rings is 5. The number of anilines is 2. The molecular weight excluding hydrogens is 374 g/mol. The number of para-hydroxylation sites is 1. The summed E-state index contributed by atoms with van der Waals surface area (Å²) in [7, 11) is 2.13. The third-order valence-corrected chi connectivity index (χ3v) is 5.98. The van der Waals surface area contributed by atoms with Gasteiger partial charge in [-0.25, -0.2) is 0 Å². The molecule has 31 heavy (non-hydrogen) atoms. The monoisotopic (exact) mass is 399 g/mol. The van der Waals surface area contributed by atoms with Gasteiger partial charge in [-0.05, 0) is 52.6 Å². The summed E-state index contributed by atoms with van der Waals surface area (Å²) in [5, 5.41) is 2.56. The highest BCUT2D eigenvalue weighted by molar-refractivity contribution is 5.97. The van der Waals surface area contributed by atoms with Crippen LogP contribution < -0.4 is 4.90 Å². The van der Waals surface area contributed by atoms with E-state index in [1.165, 1.54) is 50.0 Å². The second-order valence-corrected chi connectivity index (χ2v) is 8.02. The number of hydrogen-bond acceptors (Lipinski definition) is 1. The summed E-state index contributed by atoms with van der Waals surface area (Å²) in [5.41, 5.74) is 8.62. The number of fused-ring (bicyclic) bond motifs is 1. The standard InChI is InChI=1S/C30H25N/c1-22-14-20-26(21-15-22)31(2)30-13-6-5-11-29(30)25-18-16-24(17-19-25)28-12-7-9-23-8-3-4-10-27(23)28/h3-21H,1-2H3. The Kier molecular flexibility index (Phi) is 5.01. The van der Waals surface area contributed by atoms with E-state index in [-0.39, 0.29) is 0 Å². The van der Waals surface area contributed by atoms with Crippen molar-refractivity contribution in [3.05, 3.63) is 121 Å². The Morgan fingerprint density at radius 3 is 1.87 bits per heavy atom. The van der Waals surface area contributed by atoms with Crippen LogP contribution in [0.5, 0.6) is 0 Å². The topological polar surface area (TPSA) is 3.24 Å². The van der Waals surface area contributed by atoms with Crippen LogP contribution in [0.4, 0.5) is 11.4 Å². The van der Waals surface area contributed by atoms with Crippen LogP contribution in [0.3, 0.4) is 0 Å². The molecule has 0 heterocycles. The minimum atomic E-state index is 1.19. The third-order valence-electron chi connectivity index (χ3n) is 5.98. The second kappa shape index (κ2) is 8.12. The van der Waals surface area contributed by atoms with E-state index in [1.807, 2.05) is 0 Å². The lowest BCUT2D eigenvalue weighted by Crippen LogP contribution is -2.10. The molecule has 0 atom stereocenters. The molecule has 0 unspecified atom stereocenters. The first-order chi connectivity index (χ1) is 15.2. The zero-order valence-electron chi connectivity index (χ0n) is 17.9. The summed E-state index contributed by atoms with van der Waals surface area (Å²) in [6, 6.07) is 41.3. The first-order valence-electron chi connectivity index (χ1n) is 10.7. The maximum Gasteiger partial charge on any atom is 0.0487 e. The fourth-order valence-electron chi connectivity index (χ4n) is 4.22. The molecule has 0 aliphatic rings. The summed E-state index contributed by atoms with van der Waals surface area (Å²) in [6.07, 6.45) is 0. The molecule has 0 radical (unpaired) electrons. The summed E-state index contributed by atoms with van der Waals surface area (Å²) >= 11 is 0. The lowest BCUT2D eigenvalue weighted by molar-refractivity contribution is 1.21. The molecule has 1 nitrogen and oxygen atoms in total. The molecule has 0 amide bonds. The van der Waals surface area contributed by atoms with E-state index in [0.29, 0.717) is 0 Å². The molecule has 0 spiro atoms. The Bertz CT molecular complexity index is 1330. The fourth-order valence-corrected chi connectivity index (χ4v) is 4.22. The van der Waals surface area contributed by atoms with Crippen molar-refractivity contribution in [3.8, 4) is 22.3 Å². The van der Waals surface area contributed by atoms with Gasteiger partial charge in [0.2, 0.25) is 0 Å². The average molecular weight is 400 g/mol. The van der Waals surface area contributed by atoms with Crippen molar-refractivity contribution in [2.45, 2.75) is 6.92 Å². The molecule has 0 aromatic heterocycles. The van der Waals surface area contributed by atoms with Gasteiger partial charge in [-0.1, -0.05) is 103 Å². The van der Waals surface area contributed by atoms with Gasteiger partial charge in [0.1, 0.15) is 0 Å². The van der Waals surface area contributed by atoms with Crippen molar-refractivity contribution >= 4 is 22.1 Å². The van der Waals surface area contributed by atoms with E-state index in [2.05, 4.69) is 134 Å². The smallest absolute Gasteiger partial charge is 0.0487 e. The van der Waals surface area contributed by atoms with Gasteiger partial charge in [-0.15, -0.1) is 0 Å². The molecule has 5 rings (SSSR count). The highest BCUT2D eigenvalue weighted by Gasteiger charge is 2.11. The van der Waals surface area contributed by atoms with Crippen molar-refractivity contribution in [3.63, 3.8) is 0 Å². The van der Waals surface area contributed by atoms with Gasteiger partial charge in [-0.3, -0.25) is 0 Å². The predicted octanol–water partition coefficient (Wildman–Crippen LogP) is 8.25. The normalized spacial score (nSPS) is 10.9. The van der Waals surface area contributed by atoms with Crippen molar-refractivity contribution in [1.82, 2.24) is 0 Å². The lowest BCUT2D eigenvalue weighted by atomic mass is 9.95. The van der Waals surface area contributed by atoms with Gasteiger partial charge < -0.3 is 4.90 Å². The van der Waals surface area contributed by atoms with Crippen molar-refractivity contribution < 1.29 is 0 Å². The molecule has 0 saturated carbocycles. The maximum atomic E-state index is 2.26. The van der Waals surface area contributed by atoms with Gasteiger partial charge in [0, 0.05) is 24.0 Å². The summed E-state index contributed by atoms with van der Waals surface area (Å²) in [6.45, 7) is 2.12. The average Bonchev–Trinajstić information content (AvgIpc) is 2.84. The van der Waals surface area contributed by atoms with Gasteiger partial charge in [0.15, 0.2) is 0 Å². The zero-order chi connectivity index (χ0) is 21.2. The van der Waals surface area contributed by atoms with Crippen LogP contribution in [0, 0.1) is 6.92 Å². The highest BCUT2D eigenvalue weighted by Crippen LogP contribution is 2.36. The van der Waals surface area contributed by atoms with E-state index in [1.54, 1.807) is 0 Å². The van der Waals surface area contributed by atoms with Crippen molar-refractivity contribution in [2.24, 2.45) is 0 Å². The summed E-state index contributed by atoms with van der Waals surface area (Å²) in [4.78, 5) is 2.26. The Morgan fingerprint density at radius 2 is 1.10 bits per heavy atom. The molecule has 150 valence electrons. The van der Waals surface area contributed by atoms with Crippen LogP contribution in [-0.2, 0) is 0 Å². The van der Waals surface area contributed by atoms with Crippen LogP contribution in [0.15, 0.2) is 115 Å². The Balaban J connectivity index is 1.53. The van der Waals surface area contributed by atoms with Crippen molar-refractivity contribution in [1.29, 1.82) is 0 Å². The van der Waals surface area contributed by atoms with Gasteiger partial charge >= 0.3 is 0 Å². The molecule has 0 saturated heterocycles. The van der Waals surface area contributed by atoms with Gasteiger partial charge in [0.25, 0.3) is 0 Å². The number of nitrogens with zero attached hydrogens (tertiary/aromatic N) is 1. The van der Waals surface area contributed by atoms with Crippen molar-refractivity contribution in [2.75, 3.05) is 11.9 Å². The minimum Gasteiger partial charge on any atom is -0.344 e. The number of hydrogen-bond donors (Lipinski definition) is 0. The summed E-state index contributed by atoms with van der Waals surface area (Å²) in [5.74, 6) is 0. The Labute approximate surface area is 184 Å². The Hall–Kier alpha value is -3.84. The predicted molar refractivity (Wildman–Crippen MR) is 134 cm³/mol. The second-order valence-electron chi connectivity index (χ2n) is 8.02. The van der Waals surface area contributed by atoms with Crippen LogP contribution in [0.25, 0.3) is 33.0 Å². The molecule has 0 aliphatic carbocycles. The van der Waals surface area contributed by atoms with E-state index < -0.39 is 0 Å². The number of rotatable bonds is 4. The highest BCUT2D eigenvalue weighted by atomic mass is 15.1. The van der Waals surface area contributed by atoms with Crippen LogP contribution in [0.1, 0.15) is 5.56 Å². The van der Waals surface area contributed by atoms with E-state index in [0.717, 1.165) is 0 Å². The zero-order valence-corrected chi connectivity index (χ0v) is 17.9. The first kappa shape index (κ1) is 19.1. The Morgan fingerprint density at radius 1 is 0.516 bits per heavy atom. The molecule has 0 aliphatic heterocycles. The molecule has 0 N–H and O–H groups in total. The minimum absolute atomic E-state index is 1.19. The van der Waals surface area contributed by atoms with E-state index >= 15 is 0 Å².